The van der Waals surface area contributed by atoms with Crippen LogP contribution < -0.4 is 22.9 Å². The molecule has 2 heterocycles. The van der Waals surface area contributed by atoms with Gasteiger partial charge in [0.15, 0.2) is 12.6 Å². The molecule has 15 atom stereocenters. The molecule has 2 aliphatic heterocycles. The Hall–Kier alpha value is -0.730. The second-order valence-corrected chi connectivity index (χ2v) is 10.1. The van der Waals surface area contributed by atoms with Crippen LogP contribution in [0.15, 0.2) is 0 Å². The summed E-state index contributed by atoms with van der Waals surface area (Å²) < 4.78 is 53.8. The quantitative estimate of drug-likeness (QED) is 0.129. The predicted molar refractivity (Wildman–Crippen MR) is 122 cm³/mol. The summed E-state index contributed by atoms with van der Waals surface area (Å²) in [6.45, 7) is -0.763. The van der Waals surface area contributed by atoms with Gasteiger partial charge in [0.1, 0.15) is 61.0 Å². The van der Waals surface area contributed by atoms with Crippen molar-refractivity contribution in [3.63, 3.8) is 0 Å². The van der Waals surface area contributed by atoms with Gasteiger partial charge in [0.05, 0.1) is 12.6 Å². The van der Waals surface area contributed by atoms with Crippen molar-refractivity contribution < 1.29 is 72.2 Å². The molecule has 2 saturated heterocycles. The number of ether oxygens (including phenoxy) is 4. The fourth-order valence-electron chi connectivity index (χ4n) is 4.40. The van der Waals surface area contributed by atoms with E-state index in [2.05, 4.69) is 0 Å². The Labute approximate surface area is 217 Å². The number of hydrogen-bond donors (Lipinski definition) is 13. The summed E-state index contributed by atoms with van der Waals surface area (Å²) in [5, 5.41) is 70.9. The first-order chi connectivity index (χ1) is 17.5. The van der Waals surface area contributed by atoms with Crippen molar-refractivity contribution in [3.8, 4) is 0 Å². The van der Waals surface area contributed by atoms with Crippen LogP contribution in [0.2, 0.25) is 0 Å². The van der Waals surface area contributed by atoms with Crippen LogP contribution in [0, 0.1) is 0 Å². The molecule has 0 amide bonds. The van der Waals surface area contributed by atoms with Gasteiger partial charge in [-0.15, -0.1) is 0 Å². The highest BCUT2D eigenvalue weighted by molar-refractivity contribution is 7.79. The molecule has 38 heavy (non-hydrogen) atoms. The van der Waals surface area contributed by atoms with E-state index >= 15 is 0 Å². The zero-order valence-corrected chi connectivity index (χ0v) is 20.8. The molecule has 3 fully saturated rings. The summed E-state index contributed by atoms with van der Waals surface area (Å²) in [6.07, 6.45) is -16.5. The molecular weight excluding hydrogens is 544 g/mol. The first-order valence-corrected chi connectivity index (χ1v) is 12.9. The Kier molecular flexibility index (Phi) is 12.1. The van der Waals surface area contributed by atoms with Gasteiger partial charge in [-0.05, 0) is 6.42 Å². The van der Waals surface area contributed by atoms with Gasteiger partial charge in [-0.25, -0.2) is 0 Å². The molecule has 3 rings (SSSR count). The number of nitrogens with two attached hydrogens (primary N) is 4. The first kappa shape index (κ1) is 33.5. The van der Waals surface area contributed by atoms with E-state index in [1.54, 1.807) is 0 Å². The van der Waals surface area contributed by atoms with Gasteiger partial charge in [-0.1, -0.05) is 0 Å². The lowest BCUT2D eigenvalue weighted by Crippen LogP contribution is -2.68. The van der Waals surface area contributed by atoms with E-state index in [-0.39, 0.29) is 13.0 Å². The normalized spacial score (nSPS) is 48.2. The molecule has 0 radical (unpaired) electrons. The summed E-state index contributed by atoms with van der Waals surface area (Å²) in [5.74, 6) is 0. The Bertz CT molecular complexity index is 783. The smallest absolute Gasteiger partial charge is 0.394 e. The molecule has 0 spiro atoms. The van der Waals surface area contributed by atoms with Crippen LogP contribution in [0.25, 0.3) is 0 Å². The summed E-state index contributed by atoms with van der Waals surface area (Å²) in [6, 6.07) is -2.86. The van der Waals surface area contributed by atoms with Crippen LogP contribution in [0.1, 0.15) is 6.42 Å². The van der Waals surface area contributed by atoms with Crippen molar-refractivity contribution in [1.82, 2.24) is 0 Å². The minimum atomic E-state index is -4.67. The zero-order chi connectivity index (χ0) is 29.1. The first-order valence-electron chi connectivity index (χ1n) is 11.5. The molecule has 0 aromatic heterocycles. The van der Waals surface area contributed by atoms with Crippen molar-refractivity contribution in [3.05, 3.63) is 0 Å². The van der Waals surface area contributed by atoms with Crippen molar-refractivity contribution in [2.75, 3.05) is 13.2 Å². The molecule has 0 bridgehead atoms. The maximum atomic E-state index is 10.9. The van der Waals surface area contributed by atoms with Crippen LogP contribution in [0.5, 0.6) is 0 Å². The summed E-state index contributed by atoms with van der Waals surface area (Å²) in [5.41, 5.74) is 23.5. The van der Waals surface area contributed by atoms with Crippen LogP contribution >= 0.6 is 0 Å². The third-order valence-electron chi connectivity index (χ3n) is 6.48. The third-order valence-corrected chi connectivity index (χ3v) is 6.48. The number of rotatable bonds is 6. The number of hydrogen-bond acceptors (Lipinski definition) is 17. The molecule has 6 unspecified atom stereocenters. The standard InChI is InChI=1S/C18H36N4O11.H2O4S/c19-2-6-10(25)12(27)13(28)18(30-6)33-16-5(21)1-4(20)15(14(16)29)32-17-11(26)8(22)9(24)7(3-23)31-17;1-5(2,3)4/h4-18,23-29H,1-3,19-22H2;(H2,1,2,3,4)/t4-,5-,6?,7?,8?,9-,10-,11+,12?,13+,14?,15?,16-,17-,18-;/m1./s1. The minimum absolute atomic E-state index is 0.0849. The van der Waals surface area contributed by atoms with Crippen molar-refractivity contribution >= 4 is 10.4 Å². The highest BCUT2D eigenvalue weighted by Gasteiger charge is 2.51. The largest absolute Gasteiger partial charge is 0.394 e. The molecule has 1 aliphatic carbocycles. The van der Waals surface area contributed by atoms with Crippen molar-refractivity contribution in [1.29, 1.82) is 0 Å². The summed E-state index contributed by atoms with van der Waals surface area (Å²) in [4.78, 5) is 0. The zero-order valence-electron chi connectivity index (χ0n) is 20.0. The van der Waals surface area contributed by atoms with Gasteiger partial charge in [0, 0.05) is 18.6 Å². The lowest BCUT2D eigenvalue weighted by Gasteiger charge is -2.48. The van der Waals surface area contributed by atoms with Crippen LogP contribution in [0.3, 0.4) is 0 Å². The lowest BCUT2D eigenvalue weighted by molar-refractivity contribution is -0.332. The van der Waals surface area contributed by atoms with Gasteiger partial charge >= 0.3 is 10.4 Å². The van der Waals surface area contributed by atoms with E-state index in [0.29, 0.717) is 0 Å². The summed E-state index contributed by atoms with van der Waals surface area (Å²) >= 11 is 0. The van der Waals surface area contributed by atoms with E-state index in [4.69, 9.17) is 59.4 Å². The second kappa shape index (κ2) is 13.8. The average Bonchev–Trinajstić information content (AvgIpc) is 2.83. The summed E-state index contributed by atoms with van der Waals surface area (Å²) in [7, 11) is -4.67. The topological polar surface area (TPSA) is 357 Å². The highest BCUT2D eigenvalue weighted by atomic mass is 32.3. The molecular formula is C18H38N4O15S. The van der Waals surface area contributed by atoms with E-state index in [0.717, 1.165) is 0 Å². The van der Waals surface area contributed by atoms with E-state index in [1.165, 1.54) is 0 Å². The SMILES string of the molecule is NCC1O[C@H](O[C@H]2C(O)C(O[C@H]3OC(CO)[C@@H](O)C(N)[C@@H]3O)[C@H](N)C[C@H]2N)[C@@H](O)C(O)[C@@H]1O.O=S(=O)(O)O. The molecule has 1 saturated carbocycles. The Morgan fingerprint density at radius 2 is 1.16 bits per heavy atom. The Morgan fingerprint density at radius 3 is 1.61 bits per heavy atom. The maximum Gasteiger partial charge on any atom is 0.394 e. The van der Waals surface area contributed by atoms with Gasteiger partial charge in [0.25, 0.3) is 0 Å². The molecule has 17 N–H and O–H groups in total. The second-order valence-electron chi connectivity index (χ2n) is 9.24. The van der Waals surface area contributed by atoms with Gasteiger partial charge in [0.2, 0.25) is 0 Å². The number of aliphatic hydroxyl groups excluding tert-OH is 7. The third kappa shape index (κ3) is 8.15. The fourth-order valence-corrected chi connectivity index (χ4v) is 4.40. The average molecular weight is 583 g/mol. The van der Waals surface area contributed by atoms with Crippen LogP contribution in [0.4, 0.5) is 0 Å². The Balaban J connectivity index is 0.000000926. The number of aliphatic hydroxyl groups is 7. The molecule has 3 aliphatic rings. The van der Waals surface area contributed by atoms with E-state index < -0.39 is 109 Å². The molecule has 226 valence electrons. The van der Waals surface area contributed by atoms with E-state index in [9.17, 15) is 35.7 Å². The minimum Gasteiger partial charge on any atom is -0.394 e. The molecule has 0 aromatic rings. The highest BCUT2D eigenvalue weighted by Crippen LogP contribution is 2.31. The van der Waals surface area contributed by atoms with E-state index in [1.807, 2.05) is 0 Å². The van der Waals surface area contributed by atoms with Gasteiger partial charge in [-0.2, -0.15) is 8.42 Å². The fraction of sp³-hybridized carbons (Fsp3) is 1.00. The molecule has 19 nitrogen and oxygen atoms in total. The Morgan fingerprint density at radius 1 is 0.711 bits per heavy atom. The van der Waals surface area contributed by atoms with Gasteiger partial charge in [-0.3, -0.25) is 9.11 Å². The van der Waals surface area contributed by atoms with Crippen LogP contribution in [-0.4, -0.2) is 158 Å². The monoisotopic (exact) mass is 582 g/mol. The lowest BCUT2D eigenvalue weighted by atomic mass is 9.84. The van der Waals surface area contributed by atoms with Crippen molar-refractivity contribution in [2.45, 2.75) is 98.2 Å². The van der Waals surface area contributed by atoms with Crippen LogP contribution in [-0.2, 0) is 29.3 Å². The predicted octanol–water partition coefficient (Wildman–Crippen LogP) is -7.94. The van der Waals surface area contributed by atoms with Crippen molar-refractivity contribution in [2.24, 2.45) is 22.9 Å². The maximum absolute atomic E-state index is 10.9. The molecule has 20 heteroatoms. The van der Waals surface area contributed by atoms with Gasteiger partial charge < -0.3 is 77.6 Å². The molecule has 0 aromatic carbocycles.